The molecule has 1 atom stereocenters. The first-order chi connectivity index (χ1) is 14.1. The van der Waals surface area contributed by atoms with Gasteiger partial charge in [0.1, 0.15) is 10.4 Å². The van der Waals surface area contributed by atoms with Gasteiger partial charge < -0.3 is 5.32 Å². The summed E-state index contributed by atoms with van der Waals surface area (Å²) in [5, 5.41) is 17.2. The maximum absolute atomic E-state index is 13.1. The van der Waals surface area contributed by atoms with Crippen LogP contribution < -0.4 is 10.9 Å². The van der Waals surface area contributed by atoms with Gasteiger partial charge in [0.2, 0.25) is 11.0 Å². The van der Waals surface area contributed by atoms with Crippen LogP contribution in [0.2, 0.25) is 0 Å². The molecule has 146 valence electrons. The summed E-state index contributed by atoms with van der Waals surface area (Å²) in [6.07, 6.45) is 1.70. The van der Waals surface area contributed by atoms with Crippen molar-refractivity contribution in [2.24, 2.45) is 0 Å². The SMILES string of the molecule is Cc1nnc(NC(=O)CC2CSc3nc4c(cnn4-c4ccccc4)c(=O)n32)s1. The van der Waals surface area contributed by atoms with Gasteiger partial charge in [-0.15, -0.1) is 10.2 Å². The van der Waals surface area contributed by atoms with E-state index in [9.17, 15) is 9.59 Å². The van der Waals surface area contributed by atoms with Crippen molar-refractivity contribution in [2.45, 2.75) is 24.5 Å². The Bertz CT molecular complexity index is 1280. The number of hydrogen-bond donors (Lipinski definition) is 1. The molecule has 11 heteroatoms. The number of carbonyl (C=O) groups excluding carboxylic acids is 1. The number of nitrogens with one attached hydrogen (secondary N) is 1. The minimum atomic E-state index is -0.270. The molecule has 29 heavy (non-hydrogen) atoms. The molecule has 4 aromatic rings. The zero-order valence-corrected chi connectivity index (χ0v) is 16.9. The van der Waals surface area contributed by atoms with Gasteiger partial charge in [-0.25, -0.2) is 9.67 Å². The number of aryl methyl sites for hydroxylation is 1. The molecular formula is C18H15N7O2S2. The van der Waals surface area contributed by atoms with Crippen molar-refractivity contribution < 1.29 is 4.79 Å². The smallest absolute Gasteiger partial charge is 0.265 e. The highest BCUT2D eigenvalue weighted by Gasteiger charge is 2.29. The van der Waals surface area contributed by atoms with E-state index in [2.05, 4.69) is 25.6 Å². The Hall–Kier alpha value is -3.05. The average Bonchev–Trinajstić information content (AvgIpc) is 3.42. The molecule has 5 rings (SSSR count). The summed E-state index contributed by atoms with van der Waals surface area (Å²) in [6, 6.07) is 9.29. The van der Waals surface area contributed by atoms with Crippen molar-refractivity contribution in [2.75, 3.05) is 11.1 Å². The average molecular weight is 425 g/mol. The van der Waals surface area contributed by atoms with Crippen LogP contribution in [0, 0.1) is 6.92 Å². The van der Waals surface area contributed by atoms with Crippen molar-refractivity contribution in [3.05, 3.63) is 51.9 Å². The van der Waals surface area contributed by atoms with Crippen LogP contribution in [0.25, 0.3) is 16.7 Å². The summed E-state index contributed by atoms with van der Waals surface area (Å²) in [5.41, 5.74) is 1.18. The van der Waals surface area contributed by atoms with Gasteiger partial charge in [-0.2, -0.15) is 5.10 Å². The summed E-state index contributed by atoms with van der Waals surface area (Å²) >= 11 is 2.78. The fourth-order valence-electron chi connectivity index (χ4n) is 3.27. The predicted molar refractivity (Wildman–Crippen MR) is 111 cm³/mol. The Balaban J connectivity index is 1.46. The summed E-state index contributed by atoms with van der Waals surface area (Å²) < 4.78 is 3.27. The van der Waals surface area contributed by atoms with E-state index in [1.165, 1.54) is 29.3 Å². The number of para-hydroxylation sites is 1. The standard InChI is InChI=1S/C18H15N7O2S2/c1-10-22-23-17(29-10)20-14(26)7-12-9-28-18-21-15-13(16(27)24(12)18)8-19-25(15)11-5-3-2-4-6-11/h2-6,8,12H,7,9H2,1H3,(H,20,23,26). The van der Waals surface area contributed by atoms with E-state index in [0.29, 0.717) is 27.1 Å². The van der Waals surface area contributed by atoms with Crippen molar-refractivity contribution in [1.29, 1.82) is 0 Å². The maximum Gasteiger partial charge on any atom is 0.265 e. The molecule has 0 radical (unpaired) electrons. The lowest BCUT2D eigenvalue weighted by Crippen LogP contribution is -2.27. The highest BCUT2D eigenvalue weighted by atomic mass is 32.2. The molecule has 0 bridgehead atoms. The van der Waals surface area contributed by atoms with E-state index in [4.69, 9.17) is 0 Å². The monoisotopic (exact) mass is 425 g/mol. The summed E-state index contributed by atoms with van der Waals surface area (Å²) in [5.74, 6) is 0.405. The first-order valence-corrected chi connectivity index (χ1v) is 10.7. The number of benzene rings is 1. The van der Waals surface area contributed by atoms with E-state index < -0.39 is 0 Å². The number of nitrogens with zero attached hydrogens (tertiary/aromatic N) is 6. The van der Waals surface area contributed by atoms with Gasteiger partial charge in [-0.1, -0.05) is 41.3 Å². The summed E-state index contributed by atoms with van der Waals surface area (Å²) in [4.78, 5) is 30.2. The number of rotatable bonds is 4. The third-order valence-corrected chi connectivity index (χ3v) is 6.42. The Labute approximate surface area is 172 Å². The number of aromatic nitrogens is 6. The highest BCUT2D eigenvalue weighted by Crippen LogP contribution is 2.33. The minimum Gasteiger partial charge on any atom is -0.300 e. The first kappa shape index (κ1) is 18.0. The van der Waals surface area contributed by atoms with Crippen molar-refractivity contribution in [3.8, 4) is 5.69 Å². The molecule has 1 aromatic carbocycles. The van der Waals surface area contributed by atoms with Crippen LogP contribution >= 0.6 is 23.1 Å². The van der Waals surface area contributed by atoms with Gasteiger partial charge in [0.25, 0.3) is 5.56 Å². The van der Waals surface area contributed by atoms with Crippen molar-refractivity contribution >= 4 is 45.2 Å². The molecule has 0 fully saturated rings. The summed E-state index contributed by atoms with van der Waals surface area (Å²) in [7, 11) is 0. The zero-order chi connectivity index (χ0) is 20.0. The van der Waals surface area contributed by atoms with Gasteiger partial charge in [0.15, 0.2) is 10.8 Å². The second-order valence-corrected chi connectivity index (χ2v) is 8.71. The van der Waals surface area contributed by atoms with E-state index >= 15 is 0 Å². The molecule has 1 aliphatic heterocycles. The molecule has 3 aromatic heterocycles. The van der Waals surface area contributed by atoms with Gasteiger partial charge >= 0.3 is 0 Å². The highest BCUT2D eigenvalue weighted by molar-refractivity contribution is 7.99. The molecular weight excluding hydrogens is 410 g/mol. The lowest BCUT2D eigenvalue weighted by molar-refractivity contribution is -0.116. The fraction of sp³-hybridized carbons (Fsp3) is 0.222. The Morgan fingerprint density at radius 1 is 1.28 bits per heavy atom. The van der Waals surface area contributed by atoms with E-state index in [1.54, 1.807) is 9.25 Å². The molecule has 4 heterocycles. The van der Waals surface area contributed by atoms with Crippen LogP contribution in [0.4, 0.5) is 5.13 Å². The number of amides is 1. The Morgan fingerprint density at radius 2 is 2.10 bits per heavy atom. The molecule has 9 nitrogen and oxygen atoms in total. The quantitative estimate of drug-likeness (QED) is 0.500. The molecule has 0 saturated heterocycles. The van der Waals surface area contributed by atoms with Crippen LogP contribution in [-0.2, 0) is 4.79 Å². The van der Waals surface area contributed by atoms with Gasteiger partial charge in [0.05, 0.1) is 17.9 Å². The van der Waals surface area contributed by atoms with E-state index in [0.717, 1.165) is 10.7 Å². The largest absolute Gasteiger partial charge is 0.300 e. The molecule has 1 amide bonds. The van der Waals surface area contributed by atoms with Crippen LogP contribution in [0.5, 0.6) is 0 Å². The molecule has 0 aliphatic carbocycles. The third kappa shape index (κ3) is 3.21. The summed E-state index contributed by atoms with van der Waals surface area (Å²) in [6.45, 7) is 1.82. The van der Waals surface area contributed by atoms with Crippen LogP contribution in [0.3, 0.4) is 0 Å². The van der Waals surface area contributed by atoms with Crippen molar-refractivity contribution in [3.63, 3.8) is 0 Å². The fourth-order valence-corrected chi connectivity index (χ4v) is 5.01. The third-order valence-electron chi connectivity index (χ3n) is 4.56. The van der Waals surface area contributed by atoms with E-state index in [-0.39, 0.29) is 23.9 Å². The zero-order valence-electron chi connectivity index (χ0n) is 15.3. The van der Waals surface area contributed by atoms with Gasteiger partial charge in [0, 0.05) is 12.2 Å². The molecule has 1 aliphatic rings. The van der Waals surface area contributed by atoms with Crippen LogP contribution in [-0.4, -0.2) is 41.2 Å². The van der Waals surface area contributed by atoms with Crippen LogP contribution in [0.1, 0.15) is 17.5 Å². The van der Waals surface area contributed by atoms with E-state index in [1.807, 2.05) is 37.3 Å². The maximum atomic E-state index is 13.1. The predicted octanol–water partition coefficient (Wildman–Crippen LogP) is 2.42. The molecule has 0 saturated carbocycles. The Morgan fingerprint density at radius 3 is 2.86 bits per heavy atom. The lowest BCUT2D eigenvalue weighted by atomic mass is 10.2. The number of fused-ring (bicyclic) bond motifs is 2. The topological polar surface area (TPSA) is 108 Å². The van der Waals surface area contributed by atoms with Crippen molar-refractivity contribution in [1.82, 2.24) is 29.5 Å². The first-order valence-electron chi connectivity index (χ1n) is 8.88. The second-order valence-electron chi connectivity index (χ2n) is 6.54. The van der Waals surface area contributed by atoms with Gasteiger partial charge in [-0.3, -0.25) is 14.2 Å². The normalized spacial score (nSPS) is 15.6. The number of hydrogen-bond acceptors (Lipinski definition) is 8. The lowest BCUT2D eigenvalue weighted by Gasteiger charge is -2.12. The molecule has 1 unspecified atom stereocenters. The van der Waals surface area contributed by atoms with Crippen LogP contribution in [0.15, 0.2) is 46.5 Å². The Kier molecular flexibility index (Phi) is 4.40. The number of thioether (sulfide) groups is 1. The molecule has 0 spiro atoms. The number of anilines is 1. The molecule has 1 N–H and O–H groups in total. The van der Waals surface area contributed by atoms with Gasteiger partial charge in [-0.05, 0) is 19.1 Å². The number of carbonyl (C=O) groups is 1. The minimum absolute atomic E-state index is 0.165. The second kappa shape index (κ2) is 7.08.